The van der Waals surface area contributed by atoms with Crippen molar-refractivity contribution >= 4 is 68.8 Å². The van der Waals surface area contributed by atoms with Crippen LogP contribution >= 0.6 is 35.0 Å². The number of halogens is 2. The number of hydrogen-bond acceptors (Lipinski definition) is 6. The number of para-hydroxylation sites is 1. The van der Waals surface area contributed by atoms with Crippen LogP contribution in [0.25, 0.3) is 17.1 Å². The number of ether oxygens (including phenoxy) is 1. The van der Waals surface area contributed by atoms with Crippen molar-refractivity contribution in [2.24, 2.45) is 4.99 Å². The Balaban J connectivity index is 1.31. The first kappa shape index (κ1) is 23.4. The minimum absolute atomic E-state index is 0.203. The summed E-state index contributed by atoms with van der Waals surface area (Å²) in [5.41, 5.74) is 3.36. The summed E-state index contributed by atoms with van der Waals surface area (Å²) < 4.78 is 7.59. The predicted molar refractivity (Wildman–Crippen MR) is 139 cm³/mol. The fourth-order valence-electron chi connectivity index (χ4n) is 3.96. The molecule has 0 radical (unpaired) electrons. The van der Waals surface area contributed by atoms with Crippen molar-refractivity contribution in [1.29, 1.82) is 0 Å². The second-order valence-electron chi connectivity index (χ2n) is 8.05. The van der Waals surface area contributed by atoms with E-state index in [1.54, 1.807) is 18.2 Å². The maximum absolute atomic E-state index is 12.5. The molecule has 1 aromatic heterocycles. The standard InChI is InChI=1S/C24H23Cl2N5O2S/c25-17-3-1-4-18(26)22(17)28-24-29-23(32)21(34-24)14-16-5-6-19-20(13-16)31(15-27-19)8-2-7-30-9-11-33-12-10-30/h1,3-6,13-15H,2,7-12H2,(H,28,29,32)/b21-14+. The van der Waals surface area contributed by atoms with Crippen molar-refractivity contribution in [3.8, 4) is 0 Å². The van der Waals surface area contributed by atoms with E-state index in [1.807, 2.05) is 24.5 Å². The zero-order chi connectivity index (χ0) is 23.5. The van der Waals surface area contributed by atoms with Gasteiger partial charge in [-0.25, -0.2) is 9.98 Å². The molecule has 7 nitrogen and oxygen atoms in total. The van der Waals surface area contributed by atoms with E-state index in [2.05, 4.69) is 30.8 Å². The SMILES string of the molecule is O=C1NC(=Nc2c(Cl)cccc2Cl)S/C1=C/c1ccc2ncn(CCCN3CCOCC3)c2c1. The molecule has 2 aliphatic heterocycles. The smallest absolute Gasteiger partial charge is 0.264 e. The Bertz CT molecular complexity index is 1260. The normalized spacial score (nSPS) is 19.4. The lowest BCUT2D eigenvalue weighted by Crippen LogP contribution is -2.37. The number of nitrogens with one attached hydrogen (secondary N) is 1. The third-order valence-corrected chi connectivity index (χ3v) is 7.24. The molecule has 10 heteroatoms. The second kappa shape index (κ2) is 10.5. The molecule has 0 bridgehead atoms. The number of carbonyl (C=O) groups is 1. The van der Waals surface area contributed by atoms with Crippen molar-refractivity contribution in [3.05, 3.63) is 63.2 Å². The molecular weight excluding hydrogens is 493 g/mol. The van der Waals surface area contributed by atoms with Crippen LogP contribution in [0.4, 0.5) is 5.69 Å². The van der Waals surface area contributed by atoms with Crippen LogP contribution in [0, 0.1) is 0 Å². The van der Waals surface area contributed by atoms with Gasteiger partial charge in [0.25, 0.3) is 5.91 Å². The van der Waals surface area contributed by atoms with Gasteiger partial charge < -0.3 is 14.6 Å². The molecule has 5 rings (SSSR count). The fraction of sp³-hybridized carbons (Fsp3) is 0.292. The number of carbonyl (C=O) groups excluding carboxylic acids is 1. The third-order valence-electron chi connectivity index (χ3n) is 5.72. The van der Waals surface area contributed by atoms with E-state index in [-0.39, 0.29) is 5.91 Å². The van der Waals surface area contributed by atoms with Gasteiger partial charge in [-0.2, -0.15) is 0 Å². The Morgan fingerprint density at radius 3 is 2.74 bits per heavy atom. The minimum atomic E-state index is -0.203. The van der Waals surface area contributed by atoms with Gasteiger partial charge >= 0.3 is 0 Å². The number of amides is 1. The zero-order valence-corrected chi connectivity index (χ0v) is 20.7. The summed E-state index contributed by atoms with van der Waals surface area (Å²) in [6.07, 6.45) is 4.79. The predicted octanol–water partition coefficient (Wildman–Crippen LogP) is 4.96. The Hall–Kier alpha value is -2.36. The van der Waals surface area contributed by atoms with Gasteiger partial charge in [0.2, 0.25) is 0 Å². The molecule has 2 fully saturated rings. The number of imidazole rings is 1. The summed E-state index contributed by atoms with van der Waals surface area (Å²) in [5.74, 6) is -0.203. The van der Waals surface area contributed by atoms with Crippen LogP contribution in [-0.4, -0.2) is 58.4 Å². The number of morpholine rings is 1. The lowest BCUT2D eigenvalue weighted by atomic mass is 10.2. The second-order valence-corrected chi connectivity index (χ2v) is 9.89. The highest BCUT2D eigenvalue weighted by atomic mass is 35.5. The summed E-state index contributed by atoms with van der Waals surface area (Å²) in [4.78, 5) is 24.5. The Morgan fingerprint density at radius 1 is 1.15 bits per heavy atom. The highest BCUT2D eigenvalue weighted by molar-refractivity contribution is 8.18. The van der Waals surface area contributed by atoms with E-state index >= 15 is 0 Å². The molecule has 1 N–H and O–H groups in total. The van der Waals surface area contributed by atoms with Crippen molar-refractivity contribution in [2.75, 3.05) is 32.8 Å². The maximum atomic E-state index is 12.5. The van der Waals surface area contributed by atoms with E-state index < -0.39 is 0 Å². The van der Waals surface area contributed by atoms with Crippen LogP contribution in [-0.2, 0) is 16.1 Å². The van der Waals surface area contributed by atoms with E-state index in [1.165, 1.54) is 11.8 Å². The van der Waals surface area contributed by atoms with Gasteiger partial charge in [0.15, 0.2) is 5.17 Å². The molecule has 2 aliphatic rings. The Kier molecular flexibility index (Phi) is 7.22. The third kappa shape index (κ3) is 5.31. The van der Waals surface area contributed by atoms with Crippen LogP contribution < -0.4 is 5.32 Å². The van der Waals surface area contributed by atoms with Gasteiger partial charge in [-0.1, -0.05) is 35.3 Å². The number of hydrogen-bond donors (Lipinski definition) is 1. The number of rotatable bonds is 6. The lowest BCUT2D eigenvalue weighted by molar-refractivity contribution is -0.115. The molecule has 1 amide bonds. The first-order valence-corrected chi connectivity index (χ1v) is 12.6. The topological polar surface area (TPSA) is 71.8 Å². The number of nitrogens with zero attached hydrogens (tertiary/aromatic N) is 4. The summed E-state index contributed by atoms with van der Waals surface area (Å²) in [5, 5.41) is 4.09. The monoisotopic (exact) mass is 515 g/mol. The number of fused-ring (bicyclic) bond motifs is 1. The first-order chi connectivity index (χ1) is 16.6. The summed E-state index contributed by atoms with van der Waals surface area (Å²) in [7, 11) is 0. The van der Waals surface area contributed by atoms with Gasteiger partial charge in [0, 0.05) is 26.2 Å². The molecule has 0 aliphatic carbocycles. The maximum Gasteiger partial charge on any atom is 0.264 e. The van der Waals surface area contributed by atoms with Gasteiger partial charge in [-0.15, -0.1) is 0 Å². The van der Waals surface area contributed by atoms with Crippen LogP contribution in [0.2, 0.25) is 10.0 Å². The molecule has 0 atom stereocenters. The molecule has 2 aromatic carbocycles. The molecule has 176 valence electrons. The summed E-state index contributed by atoms with van der Waals surface area (Å²) >= 11 is 13.7. The van der Waals surface area contributed by atoms with E-state index in [0.717, 1.165) is 62.4 Å². The number of aliphatic imine (C=N–C) groups is 1. The number of aryl methyl sites for hydroxylation is 1. The molecule has 2 saturated heterocycles. The van der Waals surface area contributed by atoms with Crippen LogP contribution in [0.5, 0.6) is 0 Å². The fourth-order valence-corrected chi connectivity index (χ4v) is 5.27. The number of thioether (sulfide) groups is 1. The number of aromatic nitrogens is 2. The summed E-state index contributed by atoms with van der Waals surface area (Å²) in [6.45, 7) is 5.55. The van der Waals surface area contributed by atoms with Gasteiger partial charge in [-0.3, -0.25) is 9.69 Å². The van der Waals surface area contributed by atoms with Crippen LogP contribution in [0.3, 0.4) is 0 Å². The van der Waals surface area contributed by atoms with Crippen LogP contribution in [0.15, 0.2) is 52.6 Å². The van der Waals surface area contributed by atoms with Crippen molar-refractivity contribution in [2.45, 2.75) is 13.0 Å². The van der Waals surface area contributed by atoms with Crippen molar-refractivity contribution in [3.63, 3.8) is 0 Å². The molecule has 0 spiro atoms. The van der Waals surface area contributed by atoms with Gasteiger partial charge in [0.1, 0.15) is 5.69 Å². The molecule has 0 unspecified atom stereocenters. The quantitative estimate of drug-likeness (QED) is 0.469. The van der Waals surface area contributed by atoms with Gasteiger partial charge in [-0.05, 0) is 54.1 Å². The average Bonchev–Trinajstić information content (AvgIpc) is 3.40. The molecule has 0 saturated carbocycles. The van der Waals surface area contributed by atoms with E-state index in [0.29, 0.717) is 25.8 Å². The van der Waals surface area contributed by atoms with E-state index in [4.69, 9.17) is 27.9 Å². The molecular formula is C24H23Cl2N5O2S. The average molecular weight is 516 g/mol. The highest BCUT2D eigenvalue weighted by Gasteiger charge is 2.24. The lowest BCUT2D eigenvalue weighted by Gasteiger charge is -2.26. The first-order valence-electron chi connectivity index (χ1n) is 11.1. The minimum Gasteiger partial charge on any atom is -0.379 e. The number of benzene rings is 2. The Labute approximate surface area is 211 Å². The largest absolute Gasteiger partial charge is 0.379 e. The molecule has 34 heavy (non-hydrogen) atoms. The van der Waals surface area contributed by atoms with Gasteiger partial charge in [0.05, 0.1) is 45.5 Å². The highest BCUT2D eigenvalue weighted by Crippen LogP contribution is 2.35. The zero-order valence-electron chi connectivity index (χ0n) is 18.3. The molecule has 3 heterocycles. The van der Waals surface area contributed by atoms with Crippen molar-refractivity contribution < 1.29 is 9.53 Å². The molecule has 3 aromatic rings. The number of amidine groups is 1. The van der Waals surface area contributed by atoms with Crippen molar-refractivity contribution in [1.82, 2.24) is 19.8 Å². The van der Waals surface area contributed by atoms with E-state index in [9.17, 15) is 4.79 Å². The Morgan fingerprint density at radius 2 is 1.94 bits per heavy atom. The van der Waals surface area contributed by atoms with Crippen LogP contribution in [0.1, 0.15) is 12.0 Å². The summed E-state index contributed by atoms with van der Waals surface area (Å²) in [6, 6.07) is 11.2.